The monoisotopic (exact) mass is 416 g/mol. The Bertz CT molecular complexity index is 1340. The van der Waals surface area contributed by atoms with Gasteiger partial charge in [-0.05, 0) is 60.3 Å². The molecule has 0 saturated heterocycles. The van der Waals surface area contributed by atoms with Crippen molar-refractivity contribution in [2.45, 2.75) is 26.2 Å². The number of benzene rings is 3. The van der Waals surface area contributed by atoms with E-state index in [1.165, 1.54) is 0 Å². The van der Waals surface area contributed by atoms with E-state index in [2.05, 4.69) is 0 Å². The molecule has 2 heteroatoms. The van der Waals surface area contributed by atoms with Gasteiger partial charge in [-0.25, -0.2) is 0 Å². The van der Waals surface area contributed by atoms with E-state index in [1.54, 1.807) is 0 Å². The minimum Gasteiger partial charge on any atom is -0.292 e. The van der Waals surface area contributed by atoms with Crippen molar-refractivity contribution in [2.24, 2.45) is 0 Å². The van der Waals surface area contributed by atoms with Crippen molar-refractivity contribution in [3.63, 3.8) is 0 Å². The maximum Gasteiger partial charge on any atom is 0.184 e. The van der Waals surface area contributed by atoms with Gasteiger partial charge in [-0.3, -0.25) is 9.59 Å². The predicted molar refractivity (Wildman–Crippen MR) is 128 cm³/mol. The number of carbonyl (C=O) groups is 2. The van der Waals surface area contributed by atoms with Crippen LogP contribution in [-0.2, 0) is 15.0 Å². The Morgan fingerprint density at radius 3 is 1.84 bits per heavy atom. The molecule has 3 aromatic rings. The highest BCUT2D eigenvalue weighted by Crippen LogP contribution is 2.55. The molecule has 0 fully saturated rings. The Kier molecular flexibility index (Phi) is 4.67. The van der Waals surface area contributed by atoms with Crippen molar-refractivity contribution in [3.8, 4) is 0 Å². The number of hydrogen-bond acceptors (Lipinski definition) is 2. The summed E-state index contributed by atoms with van der Waals surface area (Å²) in [5.74, 6) is 0.0140. The SMILES string of the molecule is CC1=CC2=C(c3ccccc3)C(=O)C(c3ccccc3)(c3ccc(C)cc3)C2=C(C)C1=O. The van der Waals surface area contributed by atoms with Crippen molar-refractivity contribution in [1.29, 1.82) is 0 Å². The van der Waals surface area contributed by atoms with Crippen LogP contribution in [0.5, 0.6) is 0 Å². The lowest BCUT2D eigenvalue weighted by molar-refractivity contribution is -0.116. The van der Waals surface area contributed by atoms with Crippen LogP contribution in [0.25, 0.3) is 5.57 Å². The first-order valence-corrected chi connectivity index (χ1v) is 10.9. The zero-order chi connectivity index (χ0) is 22.5. The van der Waals surface area contributed by atoms with E-state index in [0.29, 0.717) is 16.7 Å². The maximum atomic E-state index is 14.6. The van der Waals surface area contributed by atoms with Gasteiger partial charge in [0.25, 0.3) is 0 Å². The average Bonchev–Trinajstić information content (AvgIpc) is 3.08. The summed E-state index contributed by atoms with van der Waals surface area (Å²) in [5, 5.41) is 0. The number of fused-ring (bicyclic) bond motifs is 1. The molecule has 0 heterocycles. The molecule has 0 N–H and O–H groups in total. The van der Waals surface area contributed by atoms with Crippen molar-refractivity contribution in [2.75, 3.05) is 0 Å². The molecule has 0 amide bonds. The summed E-state index contributed by atoms with van der Waals surface area (Å²) in [6.07, 6.45) is 1.91. The van der Waals surface area contributed by atoms with E-state index in [9.17, 15) is 9.59 Å². The molecule has 2 nitrogen and oxygen atoms in total. The third-order valence-corrected chi connectivity index (χ3v) is 6.67. The molecule has 0 aromatic heterocycles. The van der Waals surface area contributed by atoms with E-state index in [0.717, 1.165) is 33.4 Å². The van der Waals surface area contributed by atoms with Gasteiger partial charge in [-0.2, -0.15) is 0 Å². The number of allylic oxidation sites excluding steroid dienone is 6. The van der Waals surface area contributed by atoms with Crippen LogP contribution in [0.3, 0.4) is 0 Å². The van der Waals surface area contributed by atoms with Gasteiger partial charge in [-0.15, -0.1) is 0 Å². The van der Waals surface area contributed by atoms with E-state index in [-0.39, 0.29) is 11.6 Å². The van der Waals surface area contributed by atoms with Crippen LogP contribution < -0.4 is 0 Å². The Morgan fingerprint density at radius 2 is 1.22 bits per heavy atom. The molecule has 2 aliphatic carbocycles. The van der Waals surface area contributed by atoms with Gasteiger partial charge >= 0.3 is 0 Å². The molecule has 1 unspecified atom stereocenters. The lowest BCUT2D eigenvalue weighted by Gasteiger charge is -2.34. The number of carbonyl (C=O) groups excluding carboxylic acids is 2. The number of ketones is 2. The summed E-state index contributed by atoms with van der Waals surface area (Å²) in [7, 11) is 0. The summed E-state index contributed by atoms with van der Waals surface area (Å²) < 4.78 is 0. The van der Waals surface area contributed by atoms with Crippen LogP contribution in [0.2, 0.25) is 0 Å². The van der Waals surface area contributed by atoms with Gasteiger partial charge in [0.05, 0.1) is 0 Å². The van der Waals surface area contributed by atoms with Crippen LogP contribution >= 0.6 is 0 Å². The molecular formula is C30H24O2. The fourth-order valence-corrected chi connectivity index (χ4v) is 5.17. The molecule has 5 rings (SSSR count). The van der Waals surface area contributed by atoms with E-state index >= 15 is 0 Å². The third-order valence-electron chi connectivity index (χ3n) is 6.67. The second-order valence-corrected chi connectivity index (χ2v) is 8.62. The van der Waals surface area contributed by atoms with Crippen molar-refractivity contribution in [1.82, 2.24) is 0 Å². The van der Waals surface area contributed by atoms with Gasteiger partial charge in [0.2, 0.25) is 0 Å². The van der Waals surface area contributed by atoms with Gasteiger partial charge in [0.15, 0.2) is 11.6 Å². The molecule has 0 saturated carbocycles. The minimum atomic E-state index is -1.06. The van der Waals surface area contributed by atoms with E-state index in [1.807, 2.05) is 112 Å². The zero-order valence-corrected chi connectivity index (χ0v) is 18.5. The Morgan fingerprint density at radius 1 is 0.656 bits per heavy atom. The topological polar surface area (TPSA) is 34.1 Å². The molecule has 0 spiro atoms. The van der Waals surface area contributed by atoms with Gasteiger partial charge in [0.1, 0.15) is 5.41 Å². The Hall–Kier alpha value is -3.78. The second kappa shape index (κ2) is 7.42. The first-order valence-electron chi connectivity index (χ1n) is 10.9. The van der Waals surface area contributed by atoms with Crippen LogP contribution in [0.1, 0.15) is 36.1 Å². The Labute approximate surface area is 188 Å². The summed E-state index contributed by atoms with van der Waals surface area (Å²) in [5.41, 5.74) is 6.36. The molecule has 1 atom stereocenters. The maximum absolute atomic E-state index is 14.6. The summed E-state index contributed by atoms with van der Waals surface area (Å²) >= 11 is 0. The number of Topliss-reactive ketones (excluding diaryl/α,β-unsaturated/α-hetero) is 2. The zero-order valence-electron chi connectivity index (χ0n) is 18.5. The van der Waals surface area contributed by atoms with Crippen molar-refractivity contribution in [3.05, 3.63) is 136 Å². The molecule has 32 heavy (non-hydrogen) atoms. The molecule has 0 aliphatic heterocycles. The summed E-state index contributed by atoms with van der Waals surface area (Å²) in [4.78, 5) is 27.8. The number of hydrogen-bond donors (Lipinski definition) is 0. The highest BCUT2D eigenvalue weighted by molar-refractivity contribution is 6.35. The molecule has 0 bridgehead atoms. The largest absolute Gasteiger partial charge is 0.292 e. The number of rotatable bonds is 3. The summed E-state index contributed by atoms with van der Waals surface area (Å²) in [6.45, 7) is 5.73. The van der Waals surface area contributed by atoms with Gasteiger partial charge in [0, 0.05) is 11.1 Å². The highest BCUT2D eigenvalue weighted by Gasteiger charge is 2.55. The second-order valence-electron chi connectivity index (χ2n) is 8.62. The quantitative estimate of drug-likeness (QED) is 0.512. The lowest BCUT2D eigenvalue weighted by atomic mass is 9.65. The molecule has 3 aromatic carbocycles. The van der Waals surface area contributed by atoms with Crippen molar-refractivity contribution < 1.29 is 9.59 Å². The van der Waals surface area contributed by atoms with Crippen molar-refractivity contribution >= 4 is 17.1 Å². The predicted octanol–water partition coefficient (Wildman–Crippen LogP) is 6.16. The molecule has 2 aliphatic rings. The average molecular weight is 417 g/mol. The fourth-order valence-electron chi connectivity index (χ4n) is 5.17. The first-order chi connectivity index (χ1) is 15.5. The third kappa shape index (κ3) is 2.73. The highest BCUT2D eigenvalue weighted by atomic mass is 16.1. The molecule has 156 valence electrons. The smallest absolute Gasteiger partial charge is 0.184 e. The molecule has 0 radical (unpaired) electrons. The van der Waals surface area contributed by atoms with Crippen LogP contribution in [0.15, 0.2) is 113 Å². The Balaban J connectivity index is 1.93. The minimum absolute atomic E-state index is 0.00159. The van der Waals surface area contributed by atoms with E-state index < -0.39 is 5.41 Å². The lowest BCUT2D eigenvalue weighted by Crippen LogP contribution is -2.37. The standard InChI is InChI=1S/C30H24O2/c1-19-14-16-24(17-15-19)30(23-12-8-5-9-13-23)27-21(3)28(31)20(2)18-25(27)26(29(30)32)22-10-6-4-7-11-22/h4-18H,1-3H3. The van der Waals surface area contributed by atoms with Crippen LogP contribution in [0.4, 0.5) is 0 Å². The normalized spacial score (nSPS) is 20.5. The van der Waals surface area contributed by atoms with Gasteiger partial charge < -0.3 is 0 Å². The summed E-state index contributed by atoms with van der Waals surface area (Å²) in [6, 6.07) is 27.8. The fraction of sp³-hybridized carbons (Fsp3) is 0.133. The van der Waals surface area contributed by atoms with Gasteiger partial charge in [-0.1, -0.05) is 90.5 Å². The van der Waals surface area contributed by atoms with Crippen LogP contribution in [-0.4, -0.2) is 11.6 Å². The number of aryl methyl sites for hydroxylation is 1. The van der Waals surface area contributed by atoms with Crippen LogP contribution in [0, 0.1) is 6.92 Å². The first kappa shape index (κ1) is 20.1. The van der Waals surface area contributed by atoms with E-state index in [4.69, 9.17) is 0 Å². The molecular weight excluding hydrogens is 392 g/mol.